The van der Waals surface area contributed by atoms with Crippen molar-refractivity contribution in [3.05, 3.63) is 29.3 Å². The Morgan fingerprint density at radius 3 is 2.21 bits per heavy atom. The van der Waals surface area contributed by atoms with Gasteiger partial charge >= 0.3 is 6.09 Å². The minimum atomic E-state index is -1.08. The van der Waals surface area contributed by atoms with E-state index in [4.69, 9.17) is 4.74 Å². The van der Waals surface area contributed by atoms with Crippen molar-refractivity contribution in [2.75, 3.05) is 0 Å². The molecule has 2 unspecified atom stereocenters. The molecule has 3 amide bonds. The van der Waals surface area contributed by atoms with Gasteiger partial charge in [-0.25, -0.2) is 4.79 Å². The summed E-state index contributed by atoms with van der Waals surface area (Å²) in [7, 11) is 0. The van der Waals surface area contributed by atoms with Crippen LogP contribution in [0.1, 0.15) is 111 Å². The number of amides is 3. The first-order chi connectivity index (χ1) is 17.6. The highest BCUT2D eigenvalue weighted by atomic mass is 16.6. The molecule has 38 heavy (non-hydrogen) atoms. The standard InChI is InChI=1S/C30H49N3O5/c1-10-30(8,9)33(27(36)23(19(2)3)32-28(37)38-29(5,6)7)24(22-18-14-15-20(4)25(22)34)26(35)31-21-16-12-11-13-17-21/h14-15,18-19,21,23-24,34H,10-13,16-17H2,1-9H3,(H,31,35)(H,32,37). The minimum Gasteiger partial charge on any atom is -0.507 e. The molecule has 1 aromatic rings. The molecule has 2 rings (SSSR count). The highest BCUT2D eigenvalue weighted by molar-refractivity contribution is 5.93. The first kappa shape index (κ1) is 31.4. The van der Waals surface area contributed by atoms with E-state index in [9.17, 15) is 19.5 Å². The van der Waals surface area contributed by atoms with Crippen molar-refractivity contribution in [3.63, 3.8) is 0 Å². The van der Waals surface area contributed by atoms with Gasteiger partial charge in [0.25, 0.3) is 0 Å². The highest BCUT2D eigenvalue weighted by Crippen LogP contribution is 2.38. The van der Waals surface area contributed by atoms with Gasteiger partial charge in [-0.3, -0.25) is 9.59 Å². The predicted molar refractivity (Wildman–Crippen MR) is 150 cm³/mol. The monoisotopic (exact) mass is 531 g/mol. The lowest BCUT2D eigenvalue weighted by Gasteiger charge is -2.45. The van der Waals surface area contributed by atoms with E-state index in [1.165, 1.54) is 0 Å². The number of carbonyl (C=O) groups is 3. The first-order valence-corrected chi connectivity index (χ1v) is 14.0. The molecular weight excluding hydrogens is 482 g/mol. The lowest BCUT2D eigenvalue weighted by molar-refractivity contribution is -0.150. The fraction of sp³-hybridized carbons (Fsp3) is 0.700. The number of para-hydroxylation sites is 1. The number of rotatable bonds is 9. The summed E-state index contributed by atoms with van der Waals surface area (Å²) in [5, 5.41) is 17.0. The van der Waals surface area contributed by atoms with Crippen LogP contribution < -0.4 is 10.6 Å². The number of alkyl carbamates (subject to hydrolysis) is 1. The van der Waals surface area contributed by atoms with Crippen molar-refractivity contribution in [1.29, 1.82) is 0 Å². The van der Waals surface area contributed by atoms with E-state index < -0.39 is 35.2 Å². The van der Waals surface area contributed by atoms with Crippen molar-refractivity contribution < 1.29 is 24.2 Å². The number of ether oxygens (including phenoxy) is 1. The molecule has 0 spiro atoms. The van der Waals surface area contributed by atoms with Gasteiger partial charge in [-0.1, -0.05) is 58.2 Å². The number of nitrogens with one attached hydrogen (secondary N) is 2. The summed E-state index contributed by atoms with van der Waals surface area (Å²) >= 11 is 0. The normalized spacial score (nSPS) is 16.5. The van der Waals surface area contributed by atoms with Crippen LogP contribution in [0.4, 0.5) is 4.79 Å². The molecular formula is C30H49N3O5. The molecule has 3 N–H and O–H groups in total. The Labute approximate surface area is 228 Å². The smallest absolute Gasteiger partial charge is 0.408 e. The van der Waals surface area contributed by atoms with Crippen molar-refractivity contribution in [2.45, 2.75) is 130 Å². The Kier molecular flexibility index (Phi) is 10.6. The molecule has 0 heterocycles. The second-order valence-corrected chi connectivity index (χ2v) is 12.5. The predicted octanol–water partition coefficient (Wildman–Crippen LogP) is 5.76. The second-order valence-electron chi connectivity index (χ2n) is 12.5. The number of carbonyl (C=O) groups excluding carboxylic acids is 3. The number of hydrogen-bond acceptors (Lipinski definition) is 5. The number of benzene rings is 1. The summed E-state index contributed by atoms with van der Waals surface area (Å²) in [6.07, 6.45) is 4.87. The van der Waals surface area contributed by atoms with E-state index in [0.717, 1.165) is 32.1 Å². The van der Waals surface area contributed by atoms with Gasteiger partial charge in [0.05, 0.1) is 0 Å². The fourth-order valence-corrected chi connectivity index (χ4v) is 4.87. The topological polar surface area (TPSA) is 108 Å². The van der Waals surface area contributed by atoms with Gasteiger partial charge in [-0.15, -0.1) is 0 Å². The van der Waals surface area contributed by atoms with E-state index in [2.05, 4.69) is 10.6 Å². The molecule has 8 nitrogen and oxygen atoms in total. The van der Waals surface area contributed by atoms with Crippen LogP contribution in [0.5, 0.6) is 5.75 Å². The lowest BCUT2D eigenvalue weighted by Crippen LogP contribution is -2.61. The third-order valence-electron chi connectivity index (χ3n) is 7.38. The zero-order chi connectivity index (χ0) is 28.8. The summed E-state index contributed by atoms with van der Waals surface area (Å²) in [5.74, 6) is -1.02. The number of aromatic hydroxyl groups is 1. The highest BCUT2D eigenvalue weighted by Gasteiger charge is 2.45. The van der Waals surface area contributed by atoms with Crippen LogP contribution in [0, 0.1) is 12.8 Å². The van der Waals surface area contributed by atoms with Gasteiger partial charge in [0.2, 0.25) is 11.8 Å². The molecule has 0 radical (unpaired) electrons. The SMILES string of the molecule is CCC(C)(C)N(C(=O)C(NC(=O)OC(C)(C)C)C(C)C)C(C(=O)NC1CCCCC1)c1cccc(C)c1O. The van der Waals surface area contributed by atoms with Crippen LogP contribution >= 0.6 is 0 Å². The quantitative estimate of drug-likeness (QED) is 0.376. The van der Waals surface area contributed by atoms with E-state index in [1.54, 1.807) is 50.8 Å². The van der Waals surface area contributed by atoms with E-state index >= 15 is 0 Å². The van der Waals surface area contributed by atoms with Crippen molar-refractivity contribution >= 4 is 17.9 Å². The Morgan fingerprint density at radius 2 is 1.68 bits per heavy atom. The van der Waals surface area contributed by atoms with E-state index in [0.29, 0.717) is 17.5 Å². The molecule has 1 saturated carbocycles. The second kappa shape index (κ2) is 12.9. The lowest BCUT2D eigenvalue weighted by atomic mass is 9.89. The summed E-state index contributed by atoms with van der Waals surface area (Å²) in [5.41, 5.74) is -0.517. The Morgan fingerprint density at radius 1 is 1.08 bits per heavy atom. The Balaban J connectivity index is 2.61. The van der Waals surface area contributed by atoms with Crippen LogP contribution in [0.15, 0.2) is 18.2 Å². The zero-order valence-electron chi connectivity index (χ0n) is 24.8. The van der Waals surface area contributed by atoms with Crippen molar-refractivity contribution in [1.82, 2.24) is 15.5 Å². The summed E-state index contributed by atoms with van der Waals surface area (Å²) in [6.45, 7) is 16.5. The molecule has 0 aliphatic heterocycles. The maximum atomic E-state index is 14.4. The number of phenols is 1. The van der Waals surface area contributed by atoms with Gasteiger partial charge in [-0.2, -0.15) is 0 Å². The molecule has 0 saturated heterocycles. The number of phenolic OH excluding ortho intramolecular Hbond substituents is 1. The Bertz CT molecular complexity index is 977. The number of hydrogen-bond donors (Lipinski definition) is 3. The van der Waals surface area contributed by atoms with Crippen LogP contribution in [0.3, 0.4) is 0 Å². The molecule has 8 heteroatoms. The van der Waals surface area contributed by atoms with Crippen LogP contribution in [-0.2, 0) is 14.3 Å². The maximum Gasteiger partial charge on any atom is 0.408 e. The average Bonchev–Trinajstić information content (AvgIpc) is 2.81. The van der Waals surface area contributed by atoms with Crippen LogP contribution in [-0.4, -0.2) is 51.1 Å². The largest absolute Gasteiger partial charge is 0.507 e. The molecule has 1 aromatic carbocycles. The van der Waals surface area contributed by atoms with Crippen LogP contribution in [0.25, 0.3) is 0 Å². The summed E-state index contributed by atoms with van der Waals surface area (Å²) in [6, 6.07) is 3.26. The number of aryl methyl sites for hydroxylation is 1. The summed E-state index contributed by atoms with van der Waals surface area (Å²) < 4.78 is 5.45. The average molecular weight is 532 g/mol. The molecule has 0 aromatic heterocycles. The molecule has 214 valence electrons. The molecule has 1 fully saturated rings. The van der Waals surface area contributed by atoms with Gasteiger partial charge < -0.3 is 25.4 Å². The first-order valence-electron chi connectivity index (χ1n) is 14.0. The van der Waals surface area contributed by atoms with Gasteiger partial charge in [0.1, 0.15) is 23.4 Å². The van der Waals surface area contributed by atoms with Gasteiger partial charge in [0.15, 0.2) is 0 Å². The van der Waals surface area contributed by atoms with Gasteiger partial charge in [-0.05, 0) is 72.3 Å². The molecule has 0 bridgehead atoms. The van der Waals surface area contributed by atoms with Crippen LogP contribution in [0.2, 0.25) is 0 Å². The summed E-state index contributed by atoms with van der Waals surface area (Å²) in [4.78, 5) is 42.7. The third-order valence-corrected chi connectivity index (χ3v) is 7.38. The molecule has 2 atom stereocenters. The van der Waals surface area contributed by atoms with E-state index in [-0.39, 0.29) is 23.6 Å². The fourth-order valence-electron chi connectivity index (χ4n) is 4.87. The third kappa shape index (κ3) is 8.11. The molecule has 1 aliphatic rings. The van der Waals surface area contributed by atoms with Crippen molar-refractivity contribution in [3.8, 4) is 5.75 Å². The minimum absolute atomic E-state index is 0.0119. The van der Waals surface area contributed by atoms with Crippen molar-refractivity contribution in [2.24, 2.45) is 5.92 Å². The van der Waals surface area contributed by atoms with Gasteiger partial charge in [0, 0.05) is 17.1 Å². The maximum absolute atomic E-state index is 14.4. The van der Waals surface area contributed by atoms with E-state index in [1.807, 2.05) is 34.6 Å². The number of nitrogens with zero attached hydrogens (tertiary/aromatic N) is 1. The zero-order valence-corrected chi connectivity index (χ0v) is 24.8. The molecule has 1 aliphatic carbocycles. The Hall–Kier alpha value is -2.77.